The molecule has 6 nitrogen and oxygen atoms in total. The lowest BCUT2D eigenvalue weighted by molar-refractivity contribution is 0.0605. The van der Waals surface area contributed by atoms with Crippen LogP contribution in [0.15, 0.2) is 16.2 Å². The van der Waals surface area contributed by atoms with Gasteiger partial charge in [-0.15, -0.1) is 22.7 Å². The van der Waals surface area contributed by atoms with Gasteiger partial charge in [0.25, 0.3) is 5.56 Å². The lowest BCUT2D eigenvalue weighted by Gasteiger charge is -2.33. The Labute approximate surface area is 158 Å². The molecule has 1 aliphatic rings. The molecule has 4 heterocycles. The first-order valence-corrected chi connectivity index (χ1v) is 10.1. The molecule has 0 unspecified atom stereocenters. The van der Waals surface area contributed by atoms with E-state index in [2.05, 4.69) is 33.2 Å². The molecule has 3 aromatic rings. The molecule has 0 fully saturated rings. The number of fused-ring (bicyclic) bond motifs is 2. The molecule has 1 aliphatic heterocycles. The maximum atomic E-state index is 12.6. The van der Waals surface area contributed by atoms with Gasteiger partial charge in [-0.1, -0.05) is 0 Å². The Hall–Kier alpha value is -2.03. The zero-order chi connectivity index (χ0) is 18.4. The number of hydrogen-bond acceptors (Lipinski definition) is 7. The Kier molecular flexibility index (Phi) is 4.42. The van der Waals surface area contributed by atoms with Crippen molar-refractivity contribution in [1.29, 1.82) is 0 Å². The molecule has 0 spiro atoms. The van der Waals surface area contributed by atoms with Crippen LogP contribution < -0.4 is 5.56 Å². The highest BCUT2D eigenvalue weighted by Gasteiger charge is 2.26. The molecule has 0 saturated heterocycles. The molecule has 26 heavy (non-hydrogen) atoms. The van der Waals surface area contributed by atoms with E-state index >= 15 is 0 Å². The van der Waals surface area contributed by atoms with Gasteiger partial charge in [0.15, 0.2) is 0 Å². The van der Waals surface area contributed by atoms with Crippen LogP contribution in [-0.2, 0) is 17.7 Å². The quantitative estimate of drug-likeness (QED) is 0.696. The fraction of sp³-hybridized carbons (Fsp3) is 0.389. The average Bonchev–Trinajstić information content (AvgIpc) is 3.22. The number of nitrogens with zero attached hydrogens (tertiary/aromatic N) is 2. The second kappa shape index (κ2) is 6.61. The van der Waals surface area contributed by atoms with Crippen LogP contribution in [0.4, 0.5) is 0 Å². The van der Waals surface area contributed by atoms with Crippen LogP contribution in [0.5, 0.6) is 0 Å². The maximum Gasteiger partial charge on any atom is 0.348 e. The van der Waals surface area contributed by atoms with Crippen molar-refractivity contribution in [2.24, 2.45) is 0 Å². The highest BCUT2D eigenvalue weighted by atomic mass is 32.1. The second-order valence-electron chi connectivity index (χ2n) is 6.44. The Morgan fingerprint density at radius 2 is 2.31 bits per heavy atom. The SMILES string of the molecule is COC(=O)c1sc2nc(CN3CCc4sccc4[C@@H]3C)[nH]c(=O)c2c1C. The average molecular weight is 390 g/mol. The van der Waals surface area contributed by atoms with Gasteiger partial charge in [0, 0.05) is 17.5 Å². The van der Waals surface area contributed by atoms with Crippen LogP contribution in [0, 0.1) is 6.92 Å². The predicted octanol–water partition coefficient (Wildman–Crippen LogP) is 3.26. The molecule has 1 N–H and O–H groups in total. The van der Waals surface area contributed by atoms with E-state index in [4.69, 9.17) is 4.74 Å². The van der Waals surface area contributed by atoms with E-state index in [0.29, 0.717) is 39.1 Å². The van der Waals surface area contributed by atoms with Crippen molar-refractivity contribution in [2.75, 3.05) is 13.7 Å². The third kappa shape index (κ3) is 2.78. The van der Waals surface area contributed by atoms with Crippen molar-refractivity contribution in [3.05, 3.63) is 48.5 Å². The van der Waals surface area contributed by atoms with Gasteiger partial charge in [0.2, 0.25) is 0 Å². The lowest BCUT2D eigenvalue weighted by Crippen LogP contribution is -2.33. The van der Waals surface area contributed by atoms with Gasteiger partial charge in [0.05, 0.1) is 19.0 Å². The van der Waals surface area contributed by atoms with Crippen LogP contribution in [0.3, 0.4) is 0 Å². The van der Waals surface area contributed by atoms with Crippen molar-refractivity contribution in [2.45, 2.75) is 32.9 Å². The molecule has 0 aromatic carbocycles. The Morgan fingerprint density at radius 1 is 1.50 bits per heavy atom. The number of hydrogen-bond donors (Lipinski definition) is 1. The summed E-state index contributed by atoms with van der Waals surface area (Å²) in [5.41, 5.74) is 1.80. The molecule has 136 valence electrons. The summed E-state index contributed by atoms with van der Waals surface area (Å²) in [5, 5.41) is 2.62. The van der Waals surface area contributed by atoms with Crippen LogP contribution in [0.25, 0.3) is 10.2 Å². The van der Waals surface area contributed by atoms with Crippen molar-refractivity contribution in [3.63, 3.8) is 0 Å². The third-order valence-electron chi connectivity index (χ3n) is 4.98. The Balaban J connectivity index is 1.68. The molecule has 4 rings (SSSR count). The minimum atomic E-state index is -0.430. The number of ether oxygens (including phenoxy) is 1. The number of carbonyl (C=O) groups is 1. The summed E-state index contributed by atoms with van der Waals surface area (Å²) in [6, 6.07) is 2.48. The minimum Gasteiger partial charge on any atom is -0.465 e. The standard InChI is InChI=1S/C18H19N3O3S2/c1-9-14-16(22)19-13(20-17(14)26-15(9)18(23)24-3)8-21-6-4-12-11(10(21)2)5-7-25-12/h5,7,10H,4,6,8H2,1-3H3,(H,19,20,22)/t10-/m0/s1. The maximum absolute atomic E-state index is 12.6. The molecule has 8 heteroatoms. The minimum absolute atomic E-state index is 0.199. The van der Waals surface area contributed by atoms with Crippen LogP contribution in [0.2, 0.25) is 0 Å². The molecule has 1 atom stereocenters. The van der Waals surface area contributed by atoms with E-state index in [1.165, 1.54) is 28.9 Å². The van der Waals surface area contributed by atoms with E-state index in [1.807, 2.05) is 11.3 Å². The summed E-state index contributed by atoms with van der Waals surface area (Å²) in [4.78, 5) is 36.8. The van der Waals surface area contributed by atoms with Crippen LogP contribution >= 0.6 is 22.7 Å². The number of aromatic nitrogens is 2. The first kappa shape index (κ1) is 17.4. The molecule has 0 amide bonds. The van der Waals surface area contributed by atoms with Gasteiger partial charge in [-0.05, 0) is 42.8 Å². The first-order chi connectivity index (χ1) is 12.5. The van der Waals surface area contributed by atoms with Crippen molar-refractivity contribution >= 4 is 38.9 Å². The summed E-state index contributed by atoms with van der Waals surface area (Å²) in [7, 11) is 1.34. The van der Waals surface area contributed by atoms with E-state index in [0.717, 1.165) is 13.0 Å². The lowest BCUT2D eigenvalue weighted by atomic mass is 10.0. The van der Waals surface area contributed by atoms with Crippen LogP contribution in [0.1, 0.15) is 44.5 Å². The van der Waals surface area contributed by atoms with Gasteiger partial charge in [-0.25, -0.2) is 9.78 Å². The summed E-state index contributed by atoms with van der Waals surface area (Å²) in [6.07, 6.45) is 1.02. The highest BCUT2D eigenvalue weighted by Crippen LogP contribution is 2.33. The topological polar surface area (TPSA) is 75.3 Å². The Bertz CT molecular complexity index is 1050. The molecule has 0 bridgehead atoms. The fourth-order valence-electron chi connectivity index (χ4n) is 3.52. The summed E-state index contributed by atoms with van der Waals surface area (Å²) < 4.78 is 4.80. The van der Waals surface area contributed by atoms with Gasteiger partial charge in [0.1, 0.15) is 15.5 Å². The smallest absolute Gasteiger partial charge is 0.348 e. The fourth-order valence-corrected chi connectivity index (χ4v) is 5.60. The van der Waals surface area contributed by atoms with E-state index in [9.17, 15) is 9.59 Å². The van der Waals surface area contributed by atoms with Gasteiger partial charge < -0.3 is 9.72 Å². The van der Waals surface area contributed by atoms with Crippen LogP contribution in [-0.4, -0.2) is 34.5 Å². The molecular formula is C18H19N3O3S2. The number of carbonyl (C=O) groups excluding carboxylic acids is 1. The number of nitrogens with one attached hydrogen (secondary N) is 1. The Morgan fingerprint density at radius 3 is 3.08 bits per heavy atom. The number of esters is 1. The molecule has 0 aliphatic carbocycles. The number of H-pyrrole nitrogens is 1. The second-order valence-corrected chi connectivity index (χ2v) is 8.44. The zero-order valence-corrected chi connectivity index (χ0v) is 16.4. The summed E-state index contributed by atoms with van der Waals surface area (Å²) in [6.45, 7) is 5.46. The predicted molar refractivity (Wildman–Crippen MR) is 103 cm³/mol. The summed E-state index contributed by atoms with van der Waals surface area (Å²) >= 11 is 3.02. The van der Waals surface area contributed by atoms with E-state index in [1.54, 1.807) is 6.92 Å². The number of aryl methyl sites for hydroxylation is 1. The van der Waals surface area contributed by atoms with E-state index in [-0.39, 0.29) is 5.56 Å². The van der Waals surface area contributed by atoms with Crippen molar-refractivity contribution < 1.29 is 9.53 Å². The monoisotopic (exact) mass is 389 g/mol. The van der Waals surface area contributed by atoms with Crippen molar-refractivity contribution in [1.82, 2.24) is 14.9 Å². The third-order valence-corrected chi connectivity index (χ3v) is 7.14. The molecule has 0 saturated carbocycles. The summed E-state index contributed by atoms with van der Waals surface area (Å²) in [5.74, 6) is 0.201. The number of rotatable bonds is 3. The number of thiophene rings is 2. The largest absolute Gasteiger partial charge is 0.465 e. The first-order valence-electron chi connectivity index (χ1n) is 8.40. The van der Waals surface area contributed by atoms with Gasteiger partial charge in [-0.3, -0.25) is 9.69 Å². The highest BCUT2D eigenvalue weighted by molar-refractivity contribution is 7.20. The van der Waals surface area contributed by atoms with Crippen molar-refractivity contribution in [3.8, 4) is 0 Å². The normalized spacial score (nSPS) is 17.4. The van der Waals surface area contributed by atoms with E-state index < -0.39 is 5.97 Å². The van der Waals surface area contributed by atoms with Gasteiger partial charge >= 0.3 is 5.97 Å². The molecule has 3 aromatic heterocycles. The number of methoxy groups -OCH3 is 1. The molecule has 0 radical (unpaired) electrons. The van der Waals surface area contributed by atoms with Gasteiger partial charge in [-0.2, -0.15) is 0 Å². The number of aromatic amines is 1. The zero-order valence-electron chi connectivity index (χ0n) is 14.8. The molecular weight excluding hydrogens is 370 g/mol.